The molecule has 0 saturated carbocycles. The third kappa shape index (κ3) is 5.06. The second-order valence-electron chi connectivity index (χ2n) is 6.75. The van der Waals surface area contributed by atoms with Crippen LogP contribution in [-0.4, -0.2) is 32.6 Å². The summed E-state index contributed by atoms with van der Waals surface area (Å²) in [7, 11) is -2.80. The van der Waals surface area contributed by atoms with Crippen molar-refractivity contribution in [3.8, 4) is 11.5 Å². The lowest BCUT2D eigenvalue weighted by molar-refractivity contribution is -0.194. The number of carbonyl (C=O) groups excluding carboxylic acids is 1. The zero-order valence-electron chi connectivity index (χ0n) is 16.9. The van der Waals surface area contributed by atoms with Crippen LogP contribution in [0.3, 0.4) is 0 Å². The molecular formula is C20H22N2O8S. The summed E-state index contributed by atoms with van der Waals surface area (Å²) in [6, 6.07) is 7.97. The Kier molecular flexibility index (Phi) is 6.66. The summed E-state index contributed by atoms with van der Waals surface area (Å²) < 4.78 is 32.5. The van der Waals surface area contributed by atoms with Gasteiger partial charge in [0.25, 0.3) is 10.0 Å². The molecule has 0 fully saturated rings. The standard InChI is InChI=1S/C20H22N2O8S/c1-3-4-12-9-15(31(26,27)22-20(25)21-2)7-8-16(12)29-18(19(23)24)13-5-6-14-11-28-30-17(14)10-13/h5-10,18H,3-4,11H2,1-2H3,(H,23,24)(H2,21,22,25). The molecule has 2 aromatic carbocycles. The van der Waals surface area contributed by atoms with Gasteiger partial charge in [-0.2, -0.15) is 4.89 Å². The minimum Gasteiger partial charge on any atom is -0.478 e. The normalized spacial score (nSPS) is 13.6. The summed E-state index contributed by atoms with van der Waals surface area (Å²) in [5.41, 5.74) is 1.63. The van der Waals surface area contributed by atoms with Crippen LogP contribution >= 0.6 is 0 Å². The number of hydrogen-bond acceptors (Lipinski definition) is 7. The number of aliphatic carboxylic acids is 1. The molecule has 3 rings (SSSR count). The van der Waals surface area contributed by atoms with Gasteiger partial charge in [-0.3, -0.25) is 0 Å². The molecule has 1 aliphatic rings. The minimum atomic E-state index is -4.10. The van der Waals surface area contributed by atoms with Crippen molar-refractivity contribution < 1.29 is 37.6 Å². The third-order valence-electron chi connectivity index (χ3n) is 4.54. The lowest BCUT2D eigenvalue weighted by atomic mass is 10.1. The van der Waals surface area contributed by atoms with Crippen LogP contribution in [0.25, 0.3) is 0 Å². The molecule has 2 aromatic rings. The van der Waals surface area contributed by atoms with E-state index in [9.17, 15) is 23.1 Å². The number of carbonyl (C=O) groups is 2. The lowest BCUT2D eigenvalue weighted by Gasteiger charge is -2.19. The molecule has 1 aliphatic heterocycles. The van der Waals surface area contributed by atoms with E-state index in [1.54, 1.807) is 12.1 Å². The Morgan fingerprint density at radius 2 is 2.00 bits per heavy atom. The molecule has 31 heavy (non-hydrogen) atoms. The second-order valence-corrected chi connectivity index (χ2v) is 8.44. The largest absolute Gasteiger partial charge is 0.478 e. The highest BCUT2D eigenvalue weighted by atomic mass is 32.2. The highest BCUT2D eigenvalue weighted by molar-refractivity contribution is 7.90. The molecule has 1 heterocycles. The highest BCUT2D eigenvalue weighted by Gasteiger charge is 2.27. The summed E-state index contributed by atoms with van der Waals surface area (Å²) >= 11 is 0. The van der Waals surface area contributed by atoms with Crippen molar-refractivity contribution in [3.05, 3.63) is 53.1 Å². The lowest BCUT2D eigenvalue weighted by Crippen LogP contribution is -2.37. The van der Waals surface area contributed by atoms with E-state index in [0.29, 0.717) is 29.7 Å². The van der Waals surface area contributed by atoms with Crippen molar-refractivity contribution in [1.82, 2.24) is 10.0 Å². The van der Waals surface area contributed by atoms with Gasteiger partial charge in [0.1, 0.15) is 12.4 Å². The molecule has 1 atom stereocenters. The van der Waals surface area contributed by atoms with Crippen molar-refractivity contribution >= 4 is 22.0 Å². The molecule has 0 aromatic heterocycles. The molecule has 0 aliphatic carbocycles. The van der Waals surface area contributed by atoms with Crippen molar-refractivity contribution in [1.29, 1.82) is 0 Å². The van der Waals surface area contributed by atoms with Gasteiger partial charge in [0.05, 0.1) is 4.90 Å². The third-order valence-corrected chi connectivity index (χ3v) is 5.87. The Morgan fingerprint density at radius 1 is 1.23 bits per heavy atom. The van der Waals surface area contributed by atoms with E-state index in [0.717, 1.165) is 5.56 Å². The Balaban J connectivity index is 1.93. The Morgan fingerprint density at radius 3 is 2.68 bits per heavy atom. The van der Waals surface area contributed by atoms with Gasteiger partial charge >= 0.3 is 12.0 Å². The number of amides is 2. The van der Waals surface area contributed by atoms with Gasteiger partial charge < -0.3 is 20.0 Å². The van der Waals surface area contributed by atoms with Crippen molar-refractivity contribution in [2.75, 3.05) is 7.05 Å². The van der Waals surface area contributed by atoms with Crippen molar-refractivity contribution in [2.24, 2.45) is 0 Å². The SMILES string of the molecule is CCCc1cc(S(=O)(=O)NC(=O)NC)ccc1OC(C(=O)O)c1ccc2c(c1)OOC2. The summed E-state index contributed by atoms with van der Waals surface area (Å²) in [6.45, 7) is 2.16. The number of aryl methyl sites for hydroxylation is 1. The molecule has 3 N–H and O–H groups in total. The first-order valence-corrected chi connectivity index (χ1v) is 10.9. The predicted octanol–water partition coefficient (Wildman–Crippen LogP) is 2.29. The van der Waals surface area contributed by atoms with E-state index in [4.69, 9.17) is 14.5 Å². The molecule has 1 unspecified atom stereocenters. The maximum Gasteiger partial charge on any atom is 0.349 e. The number of ether oxygens (including phenoxy) is 1. The van der Waals surface area contributed by atoms with Gasteiger partial charge in [0.2, 0.25) is 6.10 Å². The fourth-order valence-electron chi connectivity index (χ4n) is 3.01. The van der Waals surface area contributed by atoms with Gasteiger partial charge in [-0.25, -0.2) is 22.7 Å². The molecule has 0 bridgehead atoms. The maximum absolute atomic E-state index is 12.4. The molecule has 0 spiro atoms. The van der Waals surface area contributed by atoms with E-state index < -0.39 is 28.1 Å². The number of carboxylic acid groups (broad SMARTS) is 1. The fourth-order valence-corrected chi connectivity index (χ4v) is 4.02. The van der Waals surface area contributed by atoms with Crippen molar-refractivity contribution in [2.45, 2.75) is 37.4 Å². The first-order valence-electron chi connectivity index (χ1n) is 9.44. The average Bonchev–Trinajstić information content (AvgIpc) is 3.20. The first kappa shape index (κ1) is 22.4. The first-order chi connectivity index (χ1) is 14.7. The van der Waals surface area contributed by atoms with Crippen molar-refractivity contribution in [3.63, 3.8) is 0 Å². The number of hydrogen-bond donors (Lipinski definition) is 3. The topological polar surface area (TPSA) is 140 Å². The number of fused-ring (bicyclic) bond motifs is 1. The summed E-state index contributed by atoms with van der Waals surface area (Å²) in [5, 5.41) is 11.9. The number of carboxylic acids is 1. The van der Waals surface area contributed by atoms with Crippen LogP contribution in [0.1, 0.15) is 36.1 Å². The second kappa shape index (κ2) is 9.23. The van der Waals surface area contributed by atoms with E-state index in [2.05, 4.69) is 5.32 Å². The number of benzene rings is 2. The van der Waals surface area contributed by atoms with Crippen LogP contribution in [0.4, 0.5) is 4.79 Å². The molecule has 166 valence electrons. The molecule has 0 saturated heterocycles. The van der Waals surface area contributed by atoms with Crippen LogP contribution in [0, 0.1) is 0 Å². The molecule has 0 radical (unpaired) electrons. The minimum absolute atomic E-state index is 0.137. The predicted molar refractivity (Wildman–Crippen MR) is 108 cm³/mol. The molecule has 10 nitrogen and oxygen atoms in total. The Labute approximate surface area is 179 Å². The molecular weight excluding hydrogens is 428 g/mol. The Hall–Kier alpha value is -3.31. The molecule has 11 heteroatoms. The van der Waals surface area contributed by atoms with Crippen LogP contribution in [-0.2, 0) is 32.7 Å². The quantitative estimate of drug-likeness (QED) is 0.521. The highest BCUT2D eigenvalue weighted by Crippen LogP contribution is 2.33. The fraction of sp³-hybridized carbons (Fsp3) is 0.300. The number of rotatable bonds is 8. The number of nitrogens with one attached hydrogen (secondary N) is 2. The average molecular weight is 450 g/mol. The maximum atomic E-state index is 12.4. The van der Waals surface area contributed by atoms with E-state index in [1.165, 1.54) is 31.3 Å². The summed E-state index contributed by atoms with van der Waals surface area (Å²) in [4.78, 5) is 33.1. The van der Waals surface area contributed by atoms with Crippen LogP contribution in [0.15, 0.2) is 41.3 Å². The smallest absolute Gasteiger partial charge is 0.349 e. The number of urea groups is 1. The number of sulfonamides is 1. The van der Waals surface area contributed by atoms with Gasteiger partial charge in [0, 0.05) is 18.2 Å². The van der Waals surface area contributed by atoms with Gasteiger partial charge in [-0.05, 0) is 36.2 Å². The monoisotopic (exact) mass is 450 g/mol. The van der Waals surface area contributed by atoms with Gasteiger partial charge in [-0.15, -0.1) is 0 Å². The van der Waals surface area contributed by atoms with Crippen LogP contribution < -0.4 is 19.7 Å². The van der Waals surface area contributed by atoms with Crippen LogP contribution in [0.2, 0.25) is 0 Å². The van der Waals surface area contributed by atoms with Crippen LogP contribution in [0.5, 0.6) is 11.5 Å². The Bertz CT molecular complexity index is 1100. The van der Waals surface area contributed by atoms with Gasteiger partial charge in [-0.1, -0.05) is 25.5 Å². The zero-order chi connectivity index (χ0) is 22.6. The van der Waals surface area contributed by atoms with E-state index in [-0.39, 0.29) is 17.3 Å². The van der Waals surface area contributed by atoms with Gasteiger partial charge in [0.15, 0.2) is 5.75 Å². The summed E-state index contributed by atoms with van der Waals surface area (Å²) in [5.74, 6) is -0.576. The summed E-state index contributed by atoms with van der Waals surface area (Å²) in [6.07, 6.45) is -0.257. The zero-order valence-corrected chi connectivity index (χ0v) is 17.7. The van der Waals surface area contributed by atoms with E-state index >= 15 is 0 Å². The van der Waals surface area contributed by atoms with E-state index in [1.807, 2.05) is 11.6 Å². The molecule has 2 amide bonds.